The van der Waals surface area contributed by atoms with Gasteiger partial charge in [0.05, 0.1) is 7.11 Å². The lowest BCUT2D eigenvalue weighted by Gasteiger charge is -2.07. The van der Waals surface area contributed by atoms with Gasteiger partial charge in [0.25, 0.3) is 0 Å². The Bertz CT molecular complexity index is 711. The number of Topliss-reactive ketones (excluding diaryl/α,β-unsaturated/α-hetero) is 1. The van der Waals surface area contributed by atoms with Crippen LogP contribution < -0.4 is 10.1 Å². The molecule has 0 fully saturated rings. The van der Waals surface area contributed by atoms with Crippen molar-refractivity contribution < 1.29 is 14.3 Å². The van der Waals surface area contributed by atoms with Gasteiger partial charge in [-0.1, -0.05) is 35.3 Å². The van der Waals surface area contributed by atoms with E-state index in [-0.39, 0.29) is 24.5 Å². The van der Waals surface area contributed by atoms with Crippen molar-refractivity contribution in [3.05, 3.63) is 58.1 Å². The number of benzene rings is 2. The number of ketones is 1. The quantitative estimate of drug-likeness (QED) is 0.773. The maximum atomic E-state index is 12.1. The molecule has 0 unspecified atom stereocenters. The molecule has 0 aliphatic rings. The van der Waals surface area contributed by atoms with Crippen molar-refractivity contribution in [1.82, 2.24) is 0 Å². The second-order valence-corrected chi connectivity index (χ2v) is 5.73. The zero-order valence-electron chi connectivity index (χ0n) is 12.4. The lowest BCUT2D eigenvalue weighted by atomic mass is 10.1. The fourth-order valence-electron chi connectivity index (χ4n) is 2.02. The molecule has 6 heteroatoms. The fraction of sp³-hybridized carbons (Fsp3) is 0.176. The van der Waals surface area contributed by atoms with Crippen LogP contribution >= 0.6 is 23.2 Å². The minimum Gasteiger partial charge on any atom is -0.497 e. The van der Waals surface area contributed by atoms with Gasteiger partial charge in [0.1, 0.15) is 5.75 Å². The van der Waals surface area contributed by atoms with Crippen LogP contribution in [0.4, 0.5) is 5.69 Å². The van der Waals surface area contributed by atoms with Crippen molar-refractivity contribution in [3.63, 3.8) is 0 Å². The highest BCUT2D eigenvalue weighted by Gasteiger charge is 2.11. The van der Waals surface area contributed by atoms with Gasteiger partial charge >= 0.3 is 0 Å². The summed E-state index contributed by atoms with van der Waals surface area (Å²) in [6.07, 6.45) is 0.174. The summed E-state index contributed by atoms with van der Waals surface area (Å²) in [6, 6.07) is 11.6. The summed E-state index contributed by atoms with van der Waals surface area (Å²) in [4.78, 5) is 24.0. The number of amides is 1. The molecule has 120 valence electrons. The van der Waals surface area contributed by atoms with E-state index < -0.39 is 0 Å². The first-order valence-corrected chi connectivity index (χ1v) is 7.67. The fourth-order valence-corrected chi connectivity index (χ4v) is 2.54. The average molecular weight is 352 g/mol. The van der Waals surface area contributed by atoms with Crippen LogP contribution in [-0.2, 0) is 4.79 Å². The zero-order chi connectivity index (χ0) is 16.8. The van der Waals surface area contributed by atoms with Crippen LogP contribution in [0, 0.1) is 0 Å². The molecule has 0 spiro atoms. The average Bonchev–Trinajstić information content (AvgIpc) is 2.51. The van der Waals surface area contributed by atoms with Gasteiger partial charge in [-0.3, -0.25) is 9.59 Å². The topological polar surface area (TPSA) is 55.4 Å². The van der Waals surface area contributed by atoms with E-state index in [2.05, 4.69) is 5.32 Å². The molecular weight excluding hydrogens is 337 g/mol. The number of hydrogen-bond acceptors (Lipinski definition) is 3. The summed E-state index contributed by atoms with van der Waals surface area (Å²) >= 11 is 11.7. The first-order valence-electron chi connectivity index (χ1n) is 6.91. The molecule has 1 N–H and O–H groups in total. The molecule has 0 aliphatic carbocycles. The summed E-state index contributed by atoms with van der Waals surface area (Å²) in [6.45, 7) is 0. The van der Waals surface area contributed by atoms with E-state index in [4.69, 9.17) is 27.9 Å². The van der Waals surface area contributed by atoms with Crippen molar-refractivity contribution in [3.8, 4) is 5.75 Å². The Balaban J connectivity index is 1.92. The second kappa shape index (κ2) is 7.99. The van der Waals surface area contributed by atoms with E-state index in [1.54, 1.807) is 42.5 Å². The van der Waals surface area contributed by atoms with Gasteiger partial charge in [0.15, 0.2) is 5.78 Å². The molecule has 0 saturated heterocycles. The van der Waals surface area contributed by atoms with Gasteiger partial charge in [-0.2, -0.15) is 0 Å². The Morgan fingerprint density at radius 2 is 1.74 bits per heavy atom. The third-order valence-electron chi connectivity index (χ3n) is 3.12. The third-order valence-corrected chi connectivity index (χ3v) is 3.55. The molecule has 0 bridgehead atoms. The first kappa shape index (κ1) is 17.3. The number of halogens is 2. The lowest BCUT2D eigenvalue weighted by molar-refractivity contribution is -0.116. The molecule has 0 saturated carbocycles. The van der Waals surface area contributed by atoms with Gasteiger partial charge in [-0.05, 0) is 30.3 Å². The summed E-state index contributed by atoms with van der Waals surface area (Å²) in [5, 5.41) is 3.53. The Hall–Kier alpha value is -2.04. The number of rotatable bonds is 6. The van der Waals surface area contributed by atoms with Crippen LogP contribution in [0.2, 0.25) is 10.0 Å². The molecule has 0 heterocycles. The van der Waals surface area contributed by atoms with Gasteiger partial charge < -0.3 is 10.1 Å². The molecule has 0 aromatic heterocycles. The molecule has 2 aromatic rings. The number of anilines is 1. The van der Waals surface area contributed by atoms with Crippen molar-refractivity contribution in [1.29, 1.82) is 0 Å². The van der Waals surface area contributed by atoms with E-state index in [1.165, 1.54) is 7.11 Å². The Morgan fingerprint density at radius 3 is 2.39 bits per heavy atom. The van der Waals surface area contributed by atoms with Gasteiger partial charge in [-0.25, -0.2) is 0 Å². The molecule has 1 amide bonds. The number of methoxy groups -OCH3 is 1. The minimum absolute atomic E-state index is 0.0696. The summed E-state index contributed by atoms with van der Waals surface area (Å²) in [5.74, 6) is 0.205. The monoisotopic (exact) mass is 351 g/mol. The van der Waals surface area contributed by atoms with Gasteiger partial charge in [0, 0.05) is 34.1 Å². The second-order valence-electron chi connectivity index (χ2n) is 4.86. The van der Waals surface area contributed by atoms with Crippen LogP contribution in [-0.4, -0.2) is 18.8 Å². The van der Waals surface area contributed by atoms with Crippen molar-refractivity contribution in [2.75, 3.05) is 12.4 Å². The number of carbonyl (C=O) groups is 2. The molecule has 2 aromatic carbocycles. The predicted octanol–water partition coefficient (Wildman–Crippen LogP) is 4.60. The van der Waals surface area contributed by atoms with E-state index in [1.807, 2.05) is 0 Å². The Kier molecular flexibility index (Phi) is 6.02. The standard InChI is InChI=1S/C17H15Cl2NO3/c1-23-15-4-2-3-11(7-15)16(21)5-6-17(22)20-14-9-12(18)8-13(19)10-14/h2-4,7-10H,5-6H2,1H3,(H,20,22). The van der Waals surface area contributed by atoms with E-state index in [0.717, 1.165) is 0 Å². The van der Waals surface area contributed by atoms with Crippen LogP contribution in [0.15, 0.2) is 42.5 Å². The smallest absolute Gasteiger partial charge is 0.224 e. The number of carbonyl (C=O) groups excluding carboxylic acids is 2. The van der Waals surface area contributed by atoms with Crippen molar-refractivity contribution >= 4 is 40.6 Å². The first-order chi connectivity index (χ1) is 11.0. The van der Waals surface area contributed by atoms with Gasteiger partial charge in [-0.15, -0.1) is 0 Å². The summed E-state index contributed by atoms with van der Waals surface area (Å²) in [5.41, 5.74) is 1.02. The number of nitrogens with one attached hydrogen (secondary N) is 1. The SMILES string of the molecule is COc1cccc(C(=O)CCC(=O)Nc2cc(Cl)cc(Cl)c2)c1. The predicted molar refractivity (Wildman–Crippen MR) is 91.7 cm³/mol. The highest BCUT2D eigenvalue weighted by molar-refractivity contribution is 6.35. The summed E-state index contributed by atoms with van der Waals surface area (Å²) in [7, 11) is 1.53. The van der Waals surface area contributed by atoms with Crippen LogP contribution in [0.25, 0.3) is 0 Å². The van der Waals surface area contributed by atoms with Crippen LogP contribution in [0.1, 0.15) is 23.2 Å². The van der Waals surface area contributed by atoms with Gasteiger partial charge in [0.2, 0.25) is 5.91 Å². The van der Waals surface area contributed by atoms with Crippen LogP contribution in [0.3, 0.4) is 0 Å². The van der Waals surface area contributed by atoms with E-state index in [0.29, 0.717) is 27.0 Å². The minimum atomic E-state index is -0.278. The molecule has 0 atom stereocenters. The van der Waals surface area contributed by atoms with Crippen molar-refractivity contribution in [2.24, 2.45) is 0 Å². The molecular formula is C17H15Cl2NO3. The number of ether oxygens (including phenoxy) is 1. The molecule has 0 aliphatic heterocycles. The largest absolute Gasteiger partial charge is 0.497 e. The number of hydrogen-bond donors (Lipinski definition) is 1. The van der Waals surface area contributed by atoms with Crippen LogP contribution in [0.5, 0.6) is 5.75 Å². The molecule has 23 heavy (non-hydrogen) atoms. The molecule has 2 rings (SSSR count). The summed E-state index contributed by atoms with van der Waals surface area (Å²) < 4.78 is 5.08. The maximum absolute atomic E-state index is 12.1. The zero-order valence-corrected chi connectivity index (χ0v) is 13.9. The molecule has 0 radical (unpaired) electrons. The van der Waals surface area contributed by atoms with Crippen molar-refractivity contribution in [2.45, 2.75) is 12.8 Å². The highest BCUT2D eigenvalue weighted by atomic mass is 35.5. The maximum Gasteiger partial charge on any atom is 0.224 e. The normalized spacial score (nSPS) is 10.2. The van der Waals surface area contributed by atoms with E-state index >= 15 is 0 Å². The molecule has 4 nitrogen and oxygen atoms in total. The lowest BCUT2D eigenvalue weighted by Crippen LogP contribution is -2.13. The Morgan fingerprint density at radius 1 is 1.04 bits per heavy atom. The van der Waals surface area contributed by atoms with E-state index in [9.17, 15) is 9.59 Å². The highest BCUT2D eigenvalue weighted by Crippen LogP contribution is 2.22. The Labute approximate surface area is 144 Å². The third kappa shape index (κ3) is 5.27.